The number of rotatable bonds is 10. The zero-order valence-corrected chi connectivity index (χ0v) is 35.4. The number of carboxylic acid groups (broad SMARTS) is 2. The molecular formula is C46H62N2O12. The first-order chi connectivity index (χ1) is 28.8. The number of nitrogens with one attached hydrogen (secondary N) is 2. The highest BCUT2D eigenvalue weighted by Crippen LogP contribution is 2.55. The predicted octanol–water partition coefficient (Wildman–Crippen LogP) is 7.57. The summed E-state index contributed by atoms with van der Waals surface area (Å²) < 4.78 is 31.3. The summed E-state index contributed by atoms with van der Waals surface area (Å²) in [5, 5.41) is 23.1. The Bertz CT molecular complexity index is 1720. The predicted molar refractivity (Wildman–Crippen MR) is 221 cm³/mol. The zero-order valence-electron chi connectivity index (χ0n) is 35.4. The first-order valence-corrected chi connectivity index (χ1v) is 21.6. The van der Waals surface area contributed by atoms with Crippen LogP contribution in [-0.4, -0.2) is 85.4 Å². The Kier molecular flexibility index (Phi) is 15.0. The number of carbonyl (C=O) groups is 4. The molecular weight excluding hydrogens is 773 g/mol. The van der Waals surface area contributed by atoms with Crippen molar-refractivity contribution in [3.8, 4) is 11.5 Å². The molecule has 4 bridgehead atoms. The lowest BCUT2D eigenvalue weighted by atomic mass is 9.53. The number of piperidine rings is 2. The largest absolute Gasteiger partial charge is 0.511 e. The van der Waals surface area contributed by atoms with Crippen molar-refractivity contribution >= 4 is 24.2 Å². The molecule has 2 saturated carbocycles. The smallest absolute Gasteiger partial charge is 0.478 e. The van der Waals surface area contributed by atoms with E-state index in [9.17, 15) is 19.2 Å². The summed E-state index contributed by atoms with van der Waals surface area (Å²) in [7, 11) is 0. The van der Waals surface area contributed by atoms with E-state index in [1.807, 2.05) is 12.1 Å². The Morgan fingerprint density at radius 3 is 1.45 bits per heavy atom. The third-order valence-electron chi connectivity index (χ3n) is 13.1. The molecule has 6 aliphatic rings. The lowest BCUT2D eigenvalue weighted by Gasteiger charge is -2.56. The third kappa shape index (κ3) is 10.7. The van der Waals surface area contributed by atoms with Crippen LogP contribution in [0.5, 0.6) is 11.5 Å². The summed E-state index contributed by atoms with van der Waals surface area (Å²) >= 11 is 0. The molecule has 2 aromatic rings. The fourth-order valence-electron chi connectivity index (χ4n) is 10.9. The molecule has 8 rings (SSSR count). The standard InChI is InChI=1S/2C21H29NO4.C4H4O4/c2*1-14(2)26-20(23)25-13-24-16-7-6-15-11-19-17-5-3-4-8-21(17,9-10-22-19)18(15)12-16;5-3(6)1-2-4(7)8/h2*6-7,12,14,17,19,22H,3-5,8-11,13H2,1-2H3;1-2H,(H,5,6)(H,7,8)/b;;2-1+/t2*17-,19-,21+;/m11./s1. The number of ether oxygens (including phenoxy) is 6. The Hall–Kier alpha value is -4.82. The van der Waals surface area contributed by atoms with Crippen LogP contribution in [-0.2, 0) is 52.2 Å². The number of carbonyl (C=O) groups excluding carboxylic acids is 2. The first kappa shape index (κ1) is 44.7. The topological polar surface area (TPSA) is 188 Å². The number of hydrogen-bond donors (Lipinski definition) is 4. The monoisotopic (exact) mass is 834 g/mol. The fraction of sp³-hybridized carbons (Fsp3) is 0.609. The number of hydrogen-bond acceptors (Lipinski definition) is 12. The molecule has 328 valence electrons. The highest BCUT2D eigenvalue weighted by Gasteiger charge is 2.52. The molecule has 14 heteroatoms. The molecule has 0 amide bonds. The lowest BCUT2D eigenvalue weighted by Crippen LogP contribution is -2.59. The number of aliphatic carboxylic acids is 2. The quantitative estimate of drug-likeness (QED) is 0.104. The van der Waals surface area contributed by atoms with Gasteiger partial charge in [-0.3, -0.25) is 0 Å². The molecule has 2 saturated heterocycles. The first-order valence-electron chi connectivity index (χ1n) is 21.6. The van der Waals surface area contributed by atoms with Crippen molar-refractivity contribution in [1.82, 2.24) is 10.6 Å². The molecule has 2 aliphatic heterocycles. The molecule has 0 unspecified atom stereocenters. The number of benzene rings is 2. The molecule has 0 radical (unpaired) electrons. The van der Waals surface area contributed by atoms with Gasteiger partial charge in [-0.15, -0.1) is 0 Å². The van der Waals surface area contributed by atoms with E-state index < -0.39 is 24.2 Å². The zero-order chi connectivity index (χ0) is 42.9. The third-order valence-corrected chi connectivity index (χ3v) is 13.1. The van der Waals surface area contributed by atoms with Gasteiger partial charge in [0.1, 0.15) is 11.5 Å². The van der Waals surface area contributed by atoms with E-state index in [4.69, 9.17) is 38.6 Å². The van der Waals surface area contributed by atoms with Gasteiger partial charge in [0.05, 0.1) is 12.2 Å². The molecule has 14 nitrogen and oxygen atoms in total. The van der Waals surface area contributed by atoms with E-state index in [1.54, 1.807) is 27.7 Å². The van der Waals surface area contributed by atoms with E-state index in [-0.39, 0.29) is 25.8 Å². The second-order valence-corrected chi connectivity index (χ2v) is 17.3. The van der Waals surface area contributed by atoms with Crippen LogP contribution in [0, 0.1) is 11.8 Å². The minimum Gasteiger partial charge on any atom is -0.478 e. The number of fused-ring (bicyclic) bond motifs is 2. The van der Waals surface area contributed by atoms with Crippen molar-refractivity contribution < 1.29 is 57.8 Å². The van der Waals surface area contributed by atoms with Crippen molar-refractivity contribution in [3.05, 3.63) is 70.8 Å². The summed E-state index contributed by atoms with van der Waals surface area (Å²) in [5.41, 5.74) is 6.46. The molecule has 4 N–H and O–H groups in total. The van der Waals surface area contributed by atoms with Crippen LogP contribution in [0.25, 0.3) is 0 Å². The molecule has 6 atom stereocenters. The van der Waals surface area contributed by atoms with E-state index in [0.29, 0.717) is 35.1 Å². The van der Waals surface area contributed by atoms with Gasteiger partial charge in [-0.1, -0.05) is 37.8 Å². The molecule has 4 fully saturated rings. The molecule has 4 aliphatic carbocycles. The molecule has 0 spiro atoms. The van der Waals surface area contributed by atoms with Crippen LogP contribution in [0.15, 0.2) is 48.6 Å². The Morgan fingerprint density at radius 2 is 1.07 bits per heavy atom. The maximum absolute atomic E-state index is 11.5. The minimum atomic E-state index is -1.26. The molecule has 2 heterocycles. The normalized spacial score (nSPS) is 26.8. The van der Waals surface area contributed by atoms with E-state index >= 15 is 0 Å². The van der Waals surface area contributed by atoms with Crippen LogP contribution < -0.4 is 20.1 Å². The SMILES string of the molecule is CC(C)OC(=O)OCOc1ccc2c(c1)[C@]13CCCC[C@@H]1[C@@H](C2)NCC3.CC(C)OC(=O)OCOc1ccc2c(c1)[C@]13CCCC[C@@H]1[C@@H](C2)NCC3.O=C(O)/C=C/C(=O)O. The van der Waals surface area contributed by atoms with Crippen LogP contribution in [0.2, 0.25) is 0 Å². The van der Waals surface area contributed by atoms with E-state index in [2.05, 4.69) is 34.9 Å². The Morgan fingerprint density at radius 1 is 0.650 bits per heavy atom. The minimum absolute atomic E-state index is 0.120. The van der Waals surface area contributed by atoms with Gasteiger partial charge in [-0.25, -0.2) is 19.2 Å². The van der Waals surface area contributed by atoms with Gasteiger partial charge < -0.3 is 49.3 Å². The lowest BCUT2D eigenvalue weighted by molar-refractivity contribution is -0.134. The van der Waals surface area contributed by atoms with Gasteiger partial charge >= 0.3 is 24.2 Å². The van der Waals surface area contributed by atoms with Crippen molar-refractivity contribution in [3.63, 3.8) is 0 Å². The van der Waals surface area contributed by atoms with Crippen molar-refractivity contribution in [2.45, 2.75) is 140 Å². The summed E-state index contributed by atoms with van der Waals surface area (Å²) in [5.74, 6) is 0.517. The molecule has 60 heavy (non-hydrogen) atoms. The van der Waals surface area contributed by atoms with Gasteiger partial charge in [0.25, 0.3) is 0 Å². The summed E-state index contributed by atoms with van der Waals surface area (Å²) in [6.07, 6.45) is 14.5. The van der Waals surface area contributed by atoms with Crippen LogP contribution in [0.3, 0.4) is 0 Å². The Labute approximate surface area is 352 Å². The average Bonchev–Trinajstić information content (AvgIpc) is 3.20. The number of carboxylic acids is 2. The molecule has 0 aromatic heterocycles. The van der Waals surface area contributed by atoms with Crippen molar-refractivity contribution in [2.24, 2.45) is 11.8 Å². The van der Waals surface area contributed by atoms with Crippen molar-refractivity contribution in [2.75, 3.05) is 26.7 Å². The van der Waals surface area contributed by atoms with Gasteiger partial charge in [0.2, 0.25) is 13.6 Å². The maximum Gasteiger partial charge on any atom is 0.511 e. The molecule has 2 aromatic carbocycles. The van der Waals surface area contributed by atoms with E-state index in [1.165, 1.54) is 86.5 Å². The van der Waals surface area contributed by atoms with Gasteiger partial charge in [0.15, 0.2) is 0 Å². The highest BCUT2D eigenvalue weighted by molar-refractivity contribution is 5.89. The average molecular weight is 835 g/mol. The fourth-order valence-corrected chi connectivity index (χ4v) is 10.9. The second kappa shape index (κ2) is 20.2. The summed E-state index contributed by atoms with van der Waals surface area (Å²) in [4.78, 5) is 42.1. The highest BCUT2D eigenvalue weighted by atomic mass is 16.8. The Balaban J connectivity index is 0.000000171. The maximum atomic E-state index is 11.5. The van der Waals surface area contributed by atoms with Gasteiger partial charge in [-0.2, -0.15) is 0 Å². The van der Waals surface area contributed by atoms with Crippen molar-refractivity contribution in [1.29, 1.82) is 0 Å². The second-order valence-electron chi connectivity index (χ2n) is 17.3. The van der Waals surface area contributed by atoms with Gasteiger partial charge in [0, 0.05) is 35.1 Å². The summed E-state index contributed by atoms with van der Waals surface area (Å²) in [6.45, 7) is 9.13. The summed E-state index contributed by atoms with van der Waals surface area (Å²) in [6, 6.07) is 14.0. The van der Waals surface area contributed by atoms with Gasteiger partial charge in [-0.05, 0) is 151 Å². The van der Waals surface area contributed by atoms with Crippen LogP contribution in [0.1, 0.15) is 114 Å². The van der Waals surface area contributed by atoms with E-state index in [0.717, 1.165) is 49.3 Å². The van der Waals surface area contributed by atoms with Crippen LogP contribution >= 0.6 is 0 Å². The van der Waals surface area contributed by atoms with Crippen LogP contribution in [0.4, 0.5) is 9.59 Å².